The fraction of sp³-hybridized carbons (Fsp3) is 0.500. The highest BCUT2D eigenvalue weighted by atomic mass is 16.4. The number of benzene rings is 1. The van der Waals surface area contributed by atoms with Crippen molar-refractivity contribution in [2.45, 2.75) is 45.6 Å². The van der Waals surface area contributed by atoms with Crippen LogP contribution in [0.3, 0.4) is 0 Å². The van der Waals surface area contributed by atoms with Crippen LogP contribution in [0.25, 0.3) is 0 Å². The molecule has 2 N–H and O–H groups in total. The van der Waals surface area contributed by atoms with Crippen LogP contribution < -0.4 is 5.32 Å². The van der Waals surface area contributed by atoms with E-state index in [1.807, 2.05) is 18.2 Å². The van der Waals surface area contributed by atoms with E-state index in [2.05, 4.69) is 19.2 Å². The lowest BCUT2D eigenvalue weighted by atomic mass is 9.99. The molecule has 0 aromatic heterocycles. The molecule has 0 radical (unpaired) electrons. The fourth-order valence-corrected chi connectivity index (χ4v) is 1.98. The van der Waals surface area contributed by atoms with Gasteiger partial charge in [0, 0.05) is 18.0 Å². The minimum Gasteiger partial charge on any atom is -0.481 e. The Morgan fingerprint density at radius 1 is 1.10 bits per heavy atom. The van der Waals surface area contributed by atoms with Crippen molar-refractivity contribution >= 4 is 11.9 Å². The first-order valence-corrected chi connectivity index (χ1v) is 7.06. The number of amides is 1. The first-order valence-electron chi connectivity index (χ1n) is 7.06. The van der Waals surface area contributed by atoms with Crippen LogP contribution in [0.5, 0.6) is 0 Å². The average molecular weight is 277 g/mol. The maximum Gasteiger partial charge on any atom is 0.303 e. The van der Waals surface area contributed by atoms with E-state index in [-0.39, 0.29) is 18.4 Å². The number of carbonyl (C=O) groups excluding carboxylic acids is 1. The van der Waals surface area contributed by atoms with Gasteiger partial charge in [-0.25, -0.2) is 0 Å². The lowest BCUT2D eigenvalue weighted by Gasteiger charge is -2.19. The average Bonchev–Trinajstić information content (AvgIpc) is 2.42. The van der Waals surface area contributed by atoms with Gasteiger partial charge in [-0.1, -0.05) is 32.0 Å². The van der Waals surface area contributed by atoms with E-state index in [4.69, 9.17) is 5.11 Å². The molecule has 0 heterocycles. The molecule has 0 spiro atoms. The van der Waals surface area contributed by atoms with Gasteiger partial charge in [-0.05, 0) is 37.3 Å². The fourth-order valence-electron chi connectivity index (χ4n) is 1.98. The molecule has 1 amide bonds. The van der Waals surface area contributed by atoms with Crippen LogP contribution in [0, 0.1) is 5.92 Å². The van der Waals surface area contributed by atoms with Crippen LogP contribution in [-0.2, 0) is 4.79 Å². The molecule has 1 aromatic rings. The van der Waals surface area contributed by atoms with Gasteiger partial charge in [0.1, 0.15) is 0 Å². The smallest absolute Gasteiger partial charge is 0.303 e. The van der Waals surface area contributed by atoms with E-state index in [1.54, 1.807) is 12.1 Å². The molecule has 0 aliphatic heterocycles. The summed E-state index contributed by atoms with van der Waals surface area (Å²) in [6.45, 7) is 4.24. The largest absolute Gasteiger partial charge is 0.481 e. The van der Waals surface area contributed by atoms with Gasteiger partial charge in [0.25, 0.3) is 5.91 Å². The Morgan fingerprint density at radius 3 is 2.30 bits per heavy atom. The molecule has 1 rings (SSSR count). The van der Waals surface area contributed by atoms with E-state index >= 15 is 0 Å². The third-order valence-electron chi connectivity index (χ3n) is 3.17. The molecule has 0 saturated carbocycles. The van der Waals surface area contributed by atoms with Crippen molar-refractivity contribution in [2.24, 2.45) is 5.92 Å². The lowest BCUT2D eigenvalue weighted by Crippen LogP contribution is -2.35. The quantitative estimate of drug-likeness (QED) is 0.767. The maximum absolute atomic E-state index is 12.1. The molecule has 0 bridgehead atoms. The predicted molar refractivity (Wildman–Crippen MR) is 78.6 cm³/mol. The number of carbonyl (C=O) groups is 2. The molecule has 0 aliphatic carbocycles. The molecule has 20 heavy (non-hydrogen) atoms. The molecule has 0 saturated heterocycles. The predicted octanol–water partition coefficient (Wildman–Crippen LogP) is 3.09. The SMILES string of the molecule is CC(C)CCC(CCC(=O)O)NC(=O)c1ccccc1. The van der Waals surface area contributed by atoms with E-state index in [9.17, 15) is 9.59 Å². The van der Waals surface area contributed by atoms with Gasteiger partial charge in [-0.15, -0.1) is 0 Å². The van der Waals surface area contributed by atoms with E-state index in [0.29, 0.717) is 17.9 Å². The Morgan fingerprint density at radius 2 is 1.75 bits per heavy atom. The molecule has 1 aromatic carbocycles. The standard InChI is InChI=1S/C16H23NO3/c1-12(2)8-9-14(10-11-15(18)19)17-16(20)13-6-4-3-5-7-13/h3-7,12,14H,8-11H2,1-2H3,(H,17,20)(H,18,19). The van der Waals surface area contributed by atoms with Gasteiger partial charge in [0.2, 0.25) is 0 Å². The summed E-state index contributed by atoms with van der Waals surface area (Å²) >= 11 is 0. The molecule has 110 valence electrons. The van der Waals surface area contributed by atoms with Crippen molar-refractivity contribution in [3.05, 3.63) is 35.9 Å². The highest BCUT2D eigenvalue weighted by molar-refractivity contribution is 5.94. The molecular weight excluding hydrogens is 254 g/mol. The number of nitrogens with one attached hydrogen (secondary N) is 1. The topological polar surface area (TPSA) is 66.4 Å². The second kappa shape index (κ2) is 8.35. The third kappa shape index (κ3) is 6.36. The van der Waals surface area contributed by atoms with Crippen molar-refractivity contribution in [2.75, 3.05) is 0 Å². The van der Waals surface area contributed by atoms with Gasteiger partial charge in [0.05, 0.1) is 0 Å². The Kier molecular flexibility index (Phi) is 6.77. The first kappa shape index (κ1) is 16.2. The molecule has 4 heteroatoms. The Hall–Kier alpha value is -1.84. The molecule has 1 atom stereocenters. The highest BCUT2D eigenvalue weighted by Crippen LogP contribution is 2.12. The zero-order chi connectivity index (χ0) is 15.0. The number of hydrogen-bond acceptors (Lipinski definition) is 2. The minimum atomic E-state index is -0.825. The van der Waals surface area contributed by atoms with Gasteiger partial charge in [-0.3, -0.25) is 9.59 Å². The van der Waals surface area contributed by atoms with Gasteiger partial charge in [0.15, 0.2) is 0 Å². The van der Waals surface area contributed by atoms with Crippen LogP contribution in [0.1, 0.15) is 49.9 Å². The number of carboxylic acids is 1. The summed E-state index contributed by atoms with van der Waals surface area (Å²) in [6.07, 6.45) is 2.33. The van der Waals surface area contributed by atoms with Crippen LogP contribution >= 0.6 is 0 Å². The van der Waals surface area contributed by atoms with Gasteiger partial charge < -0.3 is 10.4 Å². The van der Waals surface area contributed by atoms with E-state index < -0.39 is 5.97 Å². The molecular formula is C16H23NO3. The number of hydrogen-bond donors (Lipinski definition) is 2. The zero-order valence-corrected chi connectivity index (χ0v) is 12.1. The molecule has 0 fully saturated rings. The van der Waals surface area contributed by atoms with E-state index in [0.717, 1.165) is 12.8 Å². The molecule has 4 nitrogen and oxygen atoms in total. The van der Waals surface area contributed by atoms with Crippen molar-refractivity contribution in [1.82, 2.24) is 5.32 Å². The summed E-state index contributed by atoms with van der Waals surface area (Å²) in [5.74, 6) is -0.422. The second-order valence-corrected chi connectivity index (χ2v) is 5.44. The number of aliphatic carboxylic acids is 1. The minimum absolute atomic E-state index is 0.0812. The van der Waals surface area contributed by atoms with Crippen LogP contribution in [0.4, 0.5) is 0 Å². The summed E-state index contributed by atoms with van der Waals surface area (Å²) in [6, 6.07) is 8.92. The van der Waals surface area contributed by atoms with Crippen molar-refractivity contribution in [1.29, 1.82) is 0 Å². The first-order chi connectivity index (χ1) is 9.49. The number of carboxylic acid groups (broad SMARTS) is 1. The maximum atomic E-state index is 12.1. The van der Waals surface area contributed by atoms with Crippen LogP contribution in [0.15, 0.2) is 30.3 Å². The monoisotopic (exact) mass is 277 g/mol. The van der Waals surface area contributed by atoms with Gasteiger partial charge >= 0.3 is 5.97 Å². The molecule has 0 aliphatic rings. The zero-order valence-electron chi connectivity index (χ0n) is 12.1. The number of rotatable bonds is 8. The normalized spacial score (nSPS) is 12.2. The van der Waals surface area contributed by atoms with Crippen LogP contribution in [-0.4, -0.2) is 23.0 Å². The highest BCUT2D eigenvalue weighted by Gasteiger charge is 2.15. The van der Waals surface area contributed by atoms with Crippen molar-refractivity contribution < 1.29 is 14.7 Å². The summed E-state index contributed by atoms with van der Waals surface area (Å²) in [5.41, 5.74) is 0.609. The summed E-state index contributed by atoms with van der Waals surface area (Å²) in [7, 11) is 0. The summed E-state index contributed by atoms with van der Waals surface area (Å²) in [5, 5.41) is 11.7. The van der Waals surface area contributed by atoms with Crippen molar-refractivity contribution in [3.63, 3.8) is 0 Å². The third-order valence-corrected chi connectivity index (χ3v) is 3.17. The second-order valence-electron chi connectivity index (χ2n) is 5.44. The van der Waals surface area contributed by atoms with Crippen molar-refractivity contribution in [3.8, 4) is 0 Å². The Labute approximate surface area is 120 Å². The Balaban J connectivity index is 2.58. The molecule has 1 unspecified atom stereocenters. The Bertz CT molecular complexity index is 429. The lowest BCUT2D eigenvalue weighted by molar-refractivity contribution is -0.137. The van der Waals surface area contributed by atoms with Gasteiger partial charge in [-0.2, -0.15) is 0 Å². The summed E-state index contributed by atoms with van der Waals surface area (Å²) in [4.78, 5) is 22.8. The van der Waals surface area contributed by atoms with E-state index in [1.165, 1.54) is 0 Å². The van der Waals surface area contributed by atoms with Crippen LogP contribution in [0.2, 0.25) is 0 Å². The summed E-state index contributed by atoms with van der Waals surface area (Å²) < 4.78 is 0.